The lowest BCUT2D eigenvalue weighted by atomic mass is 10.0. The fraction of sp³-hybridized carbons (Fsp3) is 0.357. The van der Waals surface area contributed by atoms with E-state index in [4.69, 9.17) is 14.2 Å². The van der Waals surface area contributed by atoms with Gasteiger partial charge in [0.15, 0.2) is 0 Å². The highest BCUT2D eigenvalue weighted by molar-refractivity contribution is 7.80. The number of rotatable bonds is 9. The summed E-state index contributed by atoms with van der Waals surface area (Å²) in [5.74, 6) is 1.91. The second-order valence-corrected chi connectivity index (χ2v) is 8.84. The van der Waals surface area contributed by atoms with Gasteiger partial charge in [-0.05, 0) is 104 Å². The molecule has 3 rings (SSSR count). The first-order valence-corrected chi connectivity index (χ1v) is 11.6. The third-order valence-electron chi connectivity index (χ3n) is 6.08. The van der Waals surface area contributed by atoms with Crippen LogP contribution in [0.1, 0.15) is 50.1 Å². The summed E-state index contributed by atoms with van der Waals surface area (Å²) in [7, 11) is 0. The van der Waals surface area contributed by atoms with Gasteiger partial charge in [-0.25, -0.2) is 0 Å². The molecule has 0 spiro atoms. The second kappa shape index (κ2) is 10.9. The fourth-order valence-electron chi connectivity index (χ4n) is 3.79. The molecule has 0 heterocycles. The van der Waals surface area contributed by atoms with Crippen LogP contribution in [-0.4, -0.2) is 5.94 Å². The van der Waals surface area contributed by atoms with Gasteiger partial charge in [0.1, 0.15) is 24.7 Å². The van der Waals surface area contributed by atoms with Crippen molar-refractivity contribution >= 4 is 12.6 Å². The summed E-state index contributed by atoms with van der Waals surface area (Å²) >= 11 is 4.15. The van der Waals surface area contributed by atoms with E-state index in [0.717, 1.165) is 28.2 Å². The van der Waals surface area contributed by atoms with E-state index >= 15 is 0 Å². The minimum Gasteiger partial charge on any atom is -0.489 e. The van der Waals surface area contributed by atoms with E-state index in [-0.39, 0.29) is 0 Å². The van der Waals surface area contributed by atoms with E-state index in [9.17, 15) is 0 Å². The summed E-state index contributed by atoms with van der Waals surface area (Å²) < 4.78 is 17.8. The minimum absolute atomic E-state index is 0.366. The van der Waals surface area contributed by atoms with E-state index in [1.54, 1.807) is 0 Å². The predicted octanol–water partition coefficient (Wildman–Crippen LogP) is 7.10. The Morgan fingerprint density at radius 3 is 1.28 bits per heavy atom. The average molecular weight is 451 g/mol. The zero-order chi connectivity index (χ0) is 23.3. The van der Waals surface area contributed by atoms with Crippen LogP contribution < -0.4 is 9.47 Å². The van der Waals surface area contributed by atoms with Crippen LogP contribution in [0.3, 0.4) is 0 Å². The van der Waals surface area contributed by atoms with Gasteiger partial charge in [0, 0.05) is 6.07 Å². The molecule has 0 saturated carbocycles. The summed E-state index contributed by atoms with van der Waals surface area (Å²) in [6, 6.07) is 14.7. The third kappa shape index (κ3) is 6.30. The predicted molar refractivity (Wildman–Crippen MR) is 135 cm³/mol. The summed E-state index contributed by atoms with van der Waals surface area (Å²) in [6.45, 7) is 14.3. The van der Waals surface area contributed by atoms with Crippen molar-refractivity contribution in [3.8, 4) is 11.5 Å². The van der Waals surface area contributed by atoms with Crippen molar-refractivity contribution in [1.29, 1.82) is 0 Å². The van der Waals surface area contributed by atoms with E-state index in [0.29, 0.717) is 25.8 Å². The van der Waals surface area contributed by atoms with E-state index < -0.39 is 0 Å². The maximum absolute atomic E-state index is 6.15. The highest BCUT2D eigenvalue weighted by atomic mass is 32.1. The zero-order valence-electron chi connectivity index (χ0n) is 20.0. The standard InChI is InChI=1S/C28H34O3S/c1-18-7-24(8-19(2)22(18)5)15-30-27-11-26(14-29-17-32)12-28(13-27)31-16-25-9-20(3)23(6)21(4)10-25/h7-13,32H,14-17H2,1-6H3. The molecule has 3 nitrogen and oxygen atoms in total. The number of ether oxygens (including phenoxy) is 3. The Morgan fingerprint density at radius 2 is 0.906 bits per heavy atom. The molecule has 0 fully saturated rings. The van der Waals surface area contributed by atoms with Crippen LogP contribution in [0.25, 0.3) is 0 Å². The van der Waals surface area contributed by atoms with Crippen molar-refractivity contribution in [2.24, 2.45) is 0 Å². The Balaban J connectivity index is 1.77. The summed E-state index contributed by atoms with van der Waals surface area (Å²) in [5, 5.41) is 0. The first kappa shape index (κ1) is 24.2. The van der Waals surface area contributed by atoms with Crippen molar-refractivity contribution in [3.63, 3.8) is 0 Å². The Kier molecular flexibility index (Phi) is 8.27. The highest BCUT2D eigenvalue weighted by Gasteiger charge is 2.08. The normalized spacial score (nSPS) is 11.0. The molecule has 0 radical (unpaired) electrons. The molecule has 32 heavy (non-hydrogen) atoms. The average Bonchev–Trinajstić information content (AvgIpc) is 2.76. The van der Waals surface area contributed by atoms with Gasteiger partial charge < -0.3 is 14.2 Å². The molecular formula is C28H34O3S. The van der Waals surface area contributed by atoms with E-state index in [1.165, 1.54) is 33.4 Å². The van der Waals surface area contributed by atoms with Gasteiger partial charge in [-0.3, -0.25) is 0 Å². The molecule has 170 valence electrons. The van der Waals surface area contributed by atoms with Gasteiger partial charge in [0.05, 0.1) is 12.5 Å². The first-order valence-electron chi connectivity index (χ1n) is 11.0. The topological polar surface area (TPSA) is 27.7 Å². The van der Waals surface area contributed by atoms with Crippen molar-refractivity contribution in [3.05, 3.63) is 92.5 Å². The van der Waals surface area contributed by atoms with Gasteiger partial charge in [-0.1, -0.05) is 24.3 Å². The second-order valence-electron chi connectivity index (χ2n) is 8.58. The third-order valence-corrected chi connectivity index (χ3v) is 6.27. The molecule has 0 atom stereocenters. The molecule has 0 N–H and O–H groups in total. The number of hydrogen-bond acceptors (Lipinski definition) is 4. The first-order chi connectivity index (χ1) is 15.3. The molecule has 3 aromatic rings. The fourth-order valence-corrected chi connectivity index (χ4v) is 3.89. The Bertz CT molecular complexity index is 962. The molecule has 4 heteroatoms. The van der Waals surface area contributed by atoms with Crippen molar-refractivity contribution in [1.82, 2.24) is 0 Å². The number of thiol groups is 1. The smallest absolute Gasteiger partial charge is 0.123 e. The van der Waals surface area contributed by atoms with E-state index in [2.05, 4.69) is 78.4 Å². The Hall–Kier alpha value is -2.43. The Morgan fingerprint density at radius 1 is 0.531 bits per heavy atom. The zero-order valence-corrected chi connectivity index (χ0v) is 20.9. The largest absolute Gasteiger partial charge is 0.489 e. The molecule has 0 bridgehead atoms. The molecule has 0 unspecified atom stereocenters. The van der Waals surface area contributed by atoms with E-state index in [1.807, 2.05) is 18.2 Å². The van der Waals surface area contributed by atoms with Crippen LogP contribution in [0, 0.1) is 41.5 Å². The van der Waals surface area contributed by atoms with Crippen LogP contribution in [-0.2, 0) is 24.6 Å². The molecule has 0 aromatic heterocycles. The number of benzene rings is 3. The van der Waals surface area contributed by atoms with Crippen molar-refractivity contribution in [2.75, 3.05) is 5.94 Å². The molecule has 0 aliphatic carbocycles. The lowest BCUT2D eigenvalue weighted by molar-refractivity contribution is 0.169. The Labute approximate surface area is 198 Å². The molecular weight excluding hydrogens is 416 g/mol. The van der Waals surface area contributed by atoms with Crippen LogP contribution in [0.2, 0.25) is 0 Å². The SMILES string of the molecule is Cc1cc(COc2cc(COCS)cc(OCc3cc(C)c(C)c(C)c3)c2)cc(C)c1C. The lowest BCUT2D eigenvalue weighted by Gasteiger charge is -2.15. The summed E-state index contributed by atoms with van der Waals surface area (Å²) in [5.41, 5.74) is 11.1. The van der Waals surface area contributed by atoms with Gasteiger partial charge in [0.25, 0.3) is 0 Å². The maximum atomic E-state index is 6.15. The molecule has 0 amide bonds. The van der Waals surface area contributed by atoms with Gasteiger partial charge in [0.2, 0.25) is 0 Å². The van der Waals surface area contributed by atoms with Crippen LogP contribution in [0.4, 0.5) is 0 Å². The number of aryl methyl sites for hydroxylation is 4. The highest BCUT2D eigenvalue weighted by Crippen LogP contribution is 2.26. The summed E-state index contributed by atoms with van der Waals surface area (Å²) in [6.07, 6.45) is 0. The van der Waals surface area contributed by atoms with Gasteiger partial charge >= 0.3 is 0 Å². The molecule has 0 aliphatic rings. The van der Waals surface area contributed by atoms with Crippen LogP contribution >= 0.6 is 12.6 Å². The minimum atomic E-state index is 0.366. The monoisotopic (exact) mass is 450 g/mol. The van der Waals surface area contributed by atoms with Gasteiger partial charge in [-0.15, -0.1) is 0 Å². The van der Waals surface area contributed by atoms with Crippen molar-refractivity contribution < 1.29 is 14.2 Å². The molecule has 0 aliphatic heterocycles. The molecule has 3 aromatic carbocycles. The number of hydrogen-bond donors (Lipinski definition) is 1. The van der Waals surface area contributed by atoms with Crippen molar-refractivity contribution in [2.45, 2.75) is 61.4 Å². The summed E-state index contributed by atoms with van der Waals surface area (Å²) in [4.78, 5) is 0. The van der Waals surface area contributed by atoms with Crippen LogP contribution in [0.5, 0.6) is 11.5 Å². The quantitative estimate of drug-likeness (QED) is 0.278. The lowest BCUT2D eigenvalue weighted by Crippen LogP contribution is -2.02. The molecule has 0 saturated heterocycles. The van der Waals surface area contributed by atoms with Crippen LogP contribution in [0.15, 0.2) is 42.5 Å². The van der Waals surface area contributed by atoms with Gasteiger partial charge in [-0.2, -0.15) is 12.6 Å². The maximum Gasteiger partial charge on any atom is 0.123 e.